The Bertz CT molecular complexity index is 251. The lowest BCUT2D eigenvalue weighted by atomic mass is 9.86. The van der Waals surface area contributed by atoms with E-state index in [0.717, 1.165) is 65.3 Å². The minimum atomic E-state index is 0.134. The normalized spacial score (nSPS) is 28.4. The highest BCUT2D eigenvalue weighted by Crippen LogP contribution is 2.31. The first-order valence-corrected chi connectivity index (χ1v) is 7.95. The molecule has 0 aromatic rings. The lowest BCUT2D eigenvalue weighted by Gasteiger charge is -2.40. The molecular weight excluding hydrogens is 240 g/mol. The minimum Gasteiger partial charge on any atom is -0.379 e. The molecule has 4 nitrogen and oxygen atoms in total. The van der Waals surface area contributed by atoms with Gasteiger partial charge in [0.15, 0.2) is 0 Å². The first-order chi connectivity index (χ1) is 9.28. The molecule has 2 saturated heterocycles. The highest BCUT2D eigenvalue weighted by molar-refractivity contribution is 4.88. The molecule has 19 heavy (non-hydrogen) atoms. The van der Waals surface area contributed by atoms with Gasteiger partial charge >= 0.3 is 0 Å². The lowest BCUT2D eigenvalue weighted by Crippen LogP contribution is -2.48. The van der Waals surface area contributed by atoms with Gasteiger partial charge in [-0.3, -0.25) is 4.90 Å². The first-order valence-electron chi connectivity index (χ1n) is 7.95. The number of hydrogen-bond acceptors (Lipinski definition) is 4. The molecule has 2 rings (SSSR count). The van der Waals surface area contributed by atoms with Gasteiger partial charge in [-0.25, -0.2) is 0 Å². The average molecular weight is 270 g/mol. The van der Waals surface area contributed by atoms with Crippen LogP contribution in [0.3, 0.4) is 0 Å². The largest absolute Gasteiger partial charge is 0.379 e. The SMILES string of the molecule is CCC1(CC)CC(NCCN2CCOCC2)CCO1. The van der Waals surface area contributed by atoms with Crippen LogP contribution in [0, 0.1) is 0 Å². The quantitative estimate of drug-likeness (QED) is 0.796. The fraction of sp³-hybridized carbons (Fsp3) is 1.00. The summed E-state index contributed by atoms with van der Waals surface area (Å²) < 4.78 is 11.4. The van der Waals surface area contributed by atoms with Crippen LogP contribution < -0.4 is 5.32 Å². The zero-order chi connectivity index (χ0) is 13.6. The first kappa shape index (κ1) is 15.2. The van der Waals surface area contributed by atoms with Crippen LogP contribution >= 0.6 is 0 Å². The summed E-state index contributed by atoms with van der Waals surface area (Å²) in [5.41, 5.74) is 0.134. The molecule has 0 bridgehead atoms. The Morgan fingerprint density at radius 1 is 1.16 bits per heavy atom. The van der Waals surface area contributed by atoms with Crippen molar-refractivity contribution in [2.75, 3.05) is 46.0 Å². The number of morpholine rings is 1. The highest BCUT2D eigenvalue weighted by Gasteiger charge is 2.34. The number of nitrogens with zero attached hydrogens (tertiary/aromatic N) is 1. The highest BCUT2D eigenvalue weighted by atomic mass is 16.5. The van der Waals surface area contributed by atoms with Crippen molar-refractivity contribution in [3.8, 4) is 0 Å². The topological polar surface area (TPSA) is 33.7 Å². The fourth-order valence-electron chi connectivity index (χ4n) is 3.20. The van der Waals surface area contributed by atoms with Gasteiger partial charge in [-0.1, -0.05) is 13.8 Å². The molecule has 2 aliphatic heterocycles. The van der Waals surface area contributed by atoms with Crippen molar-refractivity contribution in [3.05, 3.63) is 0 Å². The van der Waals surface area contributed by atoms with Crippen LogP contribution in [0.1, 0.15) is 39.5 Å². The zero-order valence-electron chi connectivity index (χ0n) is 12.6. The van der Waals surface area contributed by atoms with Crippen LogP contribution in [-0.2, 0) is 9.47 Å². The van der Waals surface area contributed by atoms with Crippen LogP contribution in [0.15, 0.2) is 0 Å². The number of ether oxygens (including phenoxy) is 2. The van der Waals surface area contributed by atoms with Gasteiger partial charge in [0.05, 0.1) is 18.8 Å². The van der Waals surface area contributed by atoms with Crippen molar-refractivity contribution in [3.63, 3.8) is 0 Å². The Kier molecular flexibility index (Phi) is 6.07. The van der Waals surface area contributed by atoms with Gasteiger partial charge in [0.2, 0.25) is 0 Å². The van der Waals surface area contributed by atoms with E-state index in [1.165, 1.54) is 6.42 Å². The number of hydrogen-bond donors (Lipinski definition) is 1. The summed E-state index contributed by atoms with van der Waals surface area (Å²) in [5.74, 6) is 0. The molecule has 0 aromatic carbocycles. The van der Waals surface area contributed by atoms with E-state index in [-0.39, 0.29) is 5.60 Å². The smallest absolute Gasteiger partial charge is 0.0692 e. The summed E-state index contributed by atoms with van der Waals surface area (Å²) in [6, 6.07) is 0.634. The van der Waals surface area contributed by atoms with Crippen LogP contribution in [0.4, 0.5) is 0 Å². The van der Waals surface area contributed by atoms with Gasteiger partial charge in [-0.05, 0) is 25.7 Å². The molecule has 2 fully saturated rings. The van der Waals surface area contributed by atoms with Gasteiger partial charge in [0.25, 0.3) is 0 Å². The summed E-state index contributed by atoms with van der Waals surface area (Å²) in [4.78, 5) is 2.49. The molecule has 1 unspecified atom stereocenters. The van der Waals surface area contributed by atoms with E-state index < -0.39 is 0 Å². The molecule has 0 spiro atoms. The molecular formula is C15H30N2O2. The molecule has 1 atom stereocenters. The minimum absolute atomic E-state index is 0.134. The van der Waals surface area contributed by atoms with Crippen molar-refractivity contribution >= 4 is 0 Å². The molecule has 0 radical (unpaired) electrons. The number of rotatable bonds is 6. The zero-order valence-corrected chi connectivity index (χ0v) is 12.6. The second kappa shape index (κ2) is 7.58. The van der Waals surface area contributed by atoms with Gasteiger partial charge < -0.3 is 14.8 Å². The van der Waals surface area contributed by atoms with Crippen LogP contribution in [0.25, 0.3) is 0 Å². The standard InChI is InChI=1S/C15H30N2O2/c1-3-15(4-2)13-14(5-10-19-15)16-6-7-17-8-11-18-12-9-17/h14,16H,3-13H2,1-2H3. The summed E-state index contributed by atoms with van der Waals surface area (Å²) in [6.45, 7) is 11.6. The average Bonchev–Trinajstić information content (AvgIpc) is 2.48. The van der Waals surface area contributed by atoms with Crippen molar-refractivity contribution < 1.29 is 9.47 Å². The Balaban J connectivity index is 1.67. The van der Waals surface area contributed by atoms with E-state index in [2.05, 4.69) is 24.1 Å². The molecule has 1 N–H and O–H groups in total. The van der Waals surface area contributed by atoms with Crippen molar-refractivity contribution in [1.29, 1.82) is 0 Å². The predicted molar refractivity (Wildman–Crippen MR) is 77.5 cm³/mol. The Morgan fingerprint density at radius 2 is 1.89 bits per heavy atom. The molecule has 2 aliphatic rings. The Morgan fingerprint density at radius 3 is 2.58 bits per heavy atom. The molecule has 2 heterocycles. The van der Waals surface area contributed by atoms with Crippen LogP contribution in [0.2, 0.25) is 0 Å². The maximum Gasteiger partial charge on any atom is 0.0692 e. The summed E-state index contributed by atoms with van der Waals surface area (Å²) >= 11 is 0. The molecule has 0 aliphatic carbocycles. The Hall–Kier alpha value is -0.160. The van der Waals surface area contributed by atoms with Crippen molar-refractivity contribution in [2.24, 2.45) is 0 Å². The van der Waals surface area contributed by atoms with E-state index in [1.807, 2.05) is 0 Å². The third kappa shape index (κ3) is 4.42. The molecule has 0 aromatic heterocycles. The second-order valence-electron chi connectivity index (χ2n) is 5.84. The number of nitrogens with one attached hydrogen (secondary N) is 1. The maximum atomic E-state index is 6.02. The summed E-state index contributed by atoms with van der Waals surface area (Å²) in [6.07, 6.45) is 4.59. The molecule has 4 heteroatoms. The van der Waals surface area contributed by atoms with Crippen LogP contribution in [-0.4, -0.2) is 62.5 Å². The van der Waals surface area contributed by atoms with E-state index in [9.17, 15) is 0 Å². The van der Waals surface area contributed by atoms with Crippen molar-refractivity contribution in [1.82, 2.24) is 10.2 Å². The van der Waals surface area contributed by atoms with Gasteiger partial charge in [0, 0.05) is 38.8 Å². The van der Waals surface area contributed by atoms with Crippen molar-refractivity contribution in [2.45, 2.75) is 51.2 Å². The van der Waals surface area contributed by atoms with E-state index in [1.54, 1.807) is 0 Å². The summed E-state index contributed by atoms with van der Waals surface area (Å²) in [5, 5.41) is 3.73. The van der Waals surface area contributed by atoms with Crippen LogP contribution in [0.5, 0.6) is 0 Å². The van der Waals surface area contributed by atoms with Gasteiger partial charge in [-0.15, -0.1) is 0 Å². The fourth-order valence-corrected chi connectivity index (χ4v) is 3.20. The van der Waals surface area contributed by atoms with E-state index >= 15 is 0 Å². The molecule has 0 amide bonds. The lowest BCUT2D eigenvalue weighted by molar-refractivity contribution is -0.0931. The molecule has 112 valence electrons. The maximum absolute atomic E-state index is 6.02. The van der Waals surface area contributed by atoms with E-state index in [0.29, 0.717) is 6.04 Å². The third-order valence-corrected chi connectivity index (χ3v) is 4.75. The Labute approximate surface area is 117 Å². The molecule has 0 saturated carbocycles. The predicted octanol–water partition coefficient (Wildman–Crippen LogP) is 1.65. The second-order valence-corrected chi connectivity index (χ2v) is 5.84. The summed E-state index contributed by atoms with van der Waals surface area (Å²) in [7, 11) is 0. The van der Waals surface area contributed by atoms with Gasteiger partial charge in [0.1, 0.15) is 0 Å². The van der Waals surface area contributed by atoms with E-state index in [4.69, 9.17) is 9.47 Å². The third-order valence-electron chi connectivity index (χ3n) is 4.75. The monoisotopic (exact) mass is 270 g/mol. The van der Waals surface area contributed by atoms with Gasteiger partial charge in [-0.2, -0.15) is 0 Å².